The van der Waals surface area contributed by atoms with Crippen LogP contribution in [0.25, 0.3) is 0 Å². The first-order valence-electron chi connectivity index (χ1n) is 17.9. The summed E-state index contributed by atoms with van der Waals surface area (Å²) in [7, 11) is -3.30. The van der Waals surface area contributed by atoms with Crippen LogP contribution in [-0.4, -0.2) is 4.98 Å². The predicted molar refractivity (Wildman–Crippen MR) is 217 cm³/mol. The number of fused-ring (bicyclic) bond motifs is 4. The molecule has 0 saturated carbocycles. The summed E-state index contributed by atoms with van der Waals surface area (Å²) >= 11 is 0. The van der Waals surface area contributed by atoms with E-state index in [0.717, 1.165) is 44.9 Å². The maximum absolute atomic E-state index is 15.7. The first-order valence-corrected chi connectivity index (χ1v) is 19.6. The Bertz CT molecular complexity index is 2250. The van der Waals surface area contributed by atoms with E-state index in [0.29, 0.717) is 5.30 Å². The van der Waals surface area contributed by atoms with E-state index in [1.807, 2.05) is 60.8 Å². The van der Waals surface area contributed by atoms with Gasteiger partial charge < -0.3 is 9.46 Å². The van der Waals surface area contributed by atoms with E-state index in [2.05, 4.69) is 147 Å². The third-order valence-electron chi connectivity index (χ3n) is 11.2. The van der Waals surface area contributed by atoms with Gasteiger partial charge in [-0.25, -0.2) is 4.98 Å². The molecular formula is C47H40N3OP. The summed E-state index contributed by atoms with van der Waals surface area (Å²) in [5, 5.41) is 2.25. The molecule has 0 radical (unpaired) electrons. The Morgan fingerprint density at radius 3 is 1.25 bits per heavy atom. The molecule has 7 aromatic rings. The van der Waals surface area contributed by atoms with Crippen molar-refractivity contribution in [1.29, 1.82) is 0 Å². The molecule has 0 saturated heterocycles. The maximum Gasteiger partial charge on any atom is 0.172 e. The Labute approximate surface area is 306 Å². The smallest absolute Gasteiger partial charge is 0.172 e. The van der Waals surface area contributed by atoms with Crippen molar-refractivity contribution in [2.45, 2.75) is 38.5 Å². The molecule has 6 aromatic carbocycles. The van der Waals surface area contributed by atoms with Crippen LogP contribution in [0, 0.1) is 0 Å². The van der Waals surface area contributed by atoms with Crippen LogP contribution in [-0.2, 0) is 15.4 Å². The molecule has 0 amide bonds. The molecule has 5 heteroatoms. The number of hydrogen-bond acceptors (Lipinski definition) is 4. The molecule has 4 nitrogen and oxygen atoms in total. The molecule has 0 aliphatic carbocycles. The zero-order valence-corrected chi connectivity index (χ0v) is 30.8. The number of nitrogens with zero attached hydrogens (tertiary/aromatic N) is 3. The Kier molecular flexibility index (Phi) is 7.40. The van der Waals surface area contributed by atoms with E-state index in [4.69, 9.17) is 4.98 Å². The average Bonchev–Trinajstić information content (AvgIpc) is 3.19. The van der Waals surface area contributed by atoms with Crippen LogP contribution >= 0.6 is 7.14 Å². The van der Waals surface area contributed by atoms with Gasteiger partial charge in [0.2, 0.25) is 0 Å². The van der Waals surface area contributed by atoms with Crippen molar-refractivity contribution < 1.29 is 4.57 Å². The van der Waals surface area contributed by atoms with Gasteiger partial charge in [-0.15, -0.1) is 0 Å². The van der Waals surface area contributed by atoms with E-state index in [9.17, 15) is 0 Å². The summed E-state index contributed by atoms with van der Waals surface area (Å²) in [6.07, 6.45) is 1.82. The molecule has 0 fully saturated rings. The normalized spacial score (nSPS) is 16.2. The fourth-order valence-electron chi connectivity index (χ4n) is 8.46. The van der Waals surface area contributed by atoms with Crippen molar-refractivity contribution in [3.63, 3.8) is 0 Å². The van der Waals surface area contributed by atoms with Gasteiger partial charge in [-0.05, 0) is 82.9 Å². The monoisotopic (exact) mass is 693 g/mol. The first-order chi connectivity index (χ1) is 25.2. The lowest BCUT2D eigenvalue weighted by Gasteiger charge is -2.42. The van der Waals surface area contributed by atoms with Crippen molar-refractivity contribution in [3.05, 3.63) is 192 Å². The number of anilines is 6. The fraction of sp³-hybridized carbons (Fsp3) is 0.128. The molecule has 0 spiro atoms. The Morgan fingerprint density at radius 1 is 0.423 bits per heavy atom. The summed E-state index contributed by atoms with van der Waals surface area (Å²) in [5.41, 5.74) is 10.3. The third kappa shape index (κ3) is 4.75. The zero-order valence-electron chi connectivity index (χ0n) is 29.9. The molecule has 1 unspecified atom stereocenters. The maximum atomic E-state index is 15.7. The van der Waals surface area contributed by atoms with Crippen LogP contribution in [0.4, 0.5) is 34.3 Å². The van der Waals surface area contributed by atoms with Crippen molar-refractivity contribution in [2.24, 2.45) is 0 Å². The van der Waals surface area contributed by atoms with E-state index in [-0.39, 0.29) is 10.8 Å². The predicted octanol–water partition coefficient (Wildman–Crippen LogP) is 10.9. The molecule has 52 heavy (non-hydrogen) atoms. The fourth-order valence-corrected chi connectivity index (χ4v) is 11.0. The van der Waals surface area contributed by atoms with Crippen LogP contribution in [0.3, 0.4) is 0 Å². The molecule has 1 atom stereocenters. The highest BCUT2D eigenvalue weighted by molar-refractivity contribution is 7.85. The van der Waals surface area contributed by atoms with Crippen LogP contribution in [0.15, 0.2) is 170 Å². The minimum absolute atomic E-state index is 0.139. The zero-order chi connectivity index (χ0) is 35.7. The summed E-state index contributed by atoms with van der Waals surface area (Å²) in [5.74, 6) is 0.791. The van der Waals surface area contributed by atoms with Gasteiger partial charge in [-0.2, -0.15) is 0 Å². The van der Waals surface area contributed by atoms with Gasteiger partial charge in [0.05, 0.1) is 22.7 Å². The van der Waals surface area contributed by atoms with Gasteiger partial charge in [-0.1, -0.05) is 131 Å². The van der Waals surface area contributed by atoms with Gasteiger partial charge >= 0.3 is 0 Å². The van der Waals surface area contributed by atoms with Crippen molar-refractivity contribution in [2.75, 3.05) is 9.80 Å². The molecule has 1 aromatic heterocycles. The summed E-state index contributed by atoms with van der Waals surface area (Å²) in [4.78, 5) is 9.63. The second-order valence-corrected chi connectivity index (χ2v) is 17.6. The number of benzene rings is 6. The second kappa shape index (κ2) is 11.9. The van der Waals surface area contributed by atoms with Crippen molar-refractivity contribution in [3.8, 4) is 0 Å². The number of hydrogen-bond donors (Lipinski definition) is 0. The van der Waals surface area contributed by atoms with Crippen LogP contribution < -0.4 is 25.7 Å². The minimum Gasteiger partial charge on any atom is -0.310 e. The largest absolute Gasteiger partial charge is 0.310 e. The lowest BCUT2D eigenvalue weighted by atomic mass is 9.73. The lowest BCUT2D eigenvalue weighted by Crippen LogP contribution is -2.31. The van der Waals surface area contributed by atoms with Crippen LogP contribution in [0.5, 0.6) is 0 Å². The Morgan fingerprint density at radius 2 is 0.808 bits per heavy atom. The molecular weight excluding hydrogens is 654 g/mol. The lowest BCUT2D eigenvalue weighted by molar-refractivity contribution is 0.592. The quantitative estimate of drug-likeness (QED) is 0.168. The minimum atomic E-state index is -3.30. The highest BCUT2D eigenvalue weighted by Gasteiger charge is 2.39. The highest BCUT2D eigenvalue weighted by Crippen LogP contribution is 2.53. The number of rotatable bonds is 5. The number of pyridine rings is 1. The number of para-hydroxylation sites is 4. The summed E-state index contributed by atoms with van der Waals surface area (Å²) in [6.45, 7) is 9.15. The molecule has 2 aliphatic rings. The summed E-state index contributed by atoms with van der Waals surface area (Å²) < 4.78 is 15.7. The van der Waals surface area contributed by atoms with E-state index in [1.165, 1.54) is 22.3 Å². The molecule has 0 bridgehead atoms. The third-order valence-corrected chi connectivity index (χ3v) is 14.2. The van der Waals surface area contributed by atoms with Gasteiger partial charge in [0.1, 0.15) is 5.82 Å². The molecule has 254 valence electrons. The highest BCUT2D eigenvalue weighted by atomic mass is 31.2. The van der Waals surface area contributed by atoms with Crippen LogP contribution in [0.1, 0.15) is 49.9 Å². The SMILES string of the molecule is CC1(C)c2ccccc2N(c2ccc(P(=O)(c3ccccc3)c3ccc(N4c5ccccc5C(C)(C)c5ccccc54)nc3)cc2)c2ccccc21. The standard InChI is InChI=1S/C47H40N3OP/c1-46(2)37-18-8-12-22-41(37)49(42-23-13-9-19-38(42)46)33-26-28-35(29-27-33)52(51,34-16-6-5-7-17-34)36-30-31-45(48-32-36)50-43-24-14-10-20-39(43)47(3,4)40-21-11-15-25-44(40)50/h5-32H,1-4H3. The van der Waals surface area contributed by atoms with E-state index < -0.39 is 7.14 Å². The van der Waals surface area contributed by atoms with Gasteiger partial charge in [0, 0.05) is 38.6 Å². The van der Waals surface area contributed by atoms with Crippen LogP contribution in [0.2, 0.25) is 0 Å². The topological polar surface area (TPSA) is 36.4 Å². The first kappa shape index (κ1) is 32.2. The second-order valence-electron chi connectivity index (χ2n) is 14.8. The van der Waals surface area contributed by atoms with E-state index >= 15 is 4.57 Å². The van der Waals surface area contributed by atoms with Crippen molar-refractivity contribution in [1.82, 2.24) is 4.98 Å². The average molecular weight is 694 g/mol. The molecule has 3 heterocycles. The van der Waals surface area contributed by atoms with Gasteiger partial charge in [-0.3, -0.25) is 4.90 Å². The van der Waals surface area contributed by atoms with Crippen molar-refractivity contribution >= 4 is 57.3 Å². The Hall–Kier alpha value is -5.70. The van der Waals surface area contributed by atoms with E-state index in [1.54, 1.807) is 0 Å². The van der Waals surface area contributed by atoms with Gasteiger partial charge in [0.25, 0.3) is 0 Å². The summed E-state index contributed by atoms with van der Waals surface area (Å²) in [6, 6.07) is 56.6. The molecule has 0 N–H and O–H groups in total. The Balaban J connectivity index is 1.14. The van der Waals surface area contributed by atoms with Gasteiger partial charge in [0.15, 0.2) is 7.14 Å². The number of aromatic nitrogens is 1. The molecule has 9 rings (SSSR count). The molecule has 2 aliphatic heterocycles.